The summed E-state index contributed by atoms with van der Waals surface area (Å²) in [5.41, 5.74) is 13.1. The summed E-state index contributed by atoms with van der Waals surface area (Å²) in [6, 6.07) is 17.2. The van der Waals surface area contributed by atoms with E-state index in [2.05, 4.69) is 68.8 Å². The van der Waals surface area contributed by atoms with Crippen molar-refractivity contribution in [1.82, 2.24) is 20.1 Å². The van der Waals surface area contributed by atoms with Gasteiger partial charge in [0.15, 0.2) is 0 Å². The van der Waals surface area contributed by atoms with Gasteiger partial charge in [0, 0.05) is 60.6 Å². The van der Waals surface area contributed by atoms with Crippen LogP contribution in [0.5, 0.6) is 0 Å². The summed E-state index contributed by atoms with van der Waals surface area (Å²) < 4.78 is 1.87. The van der Waals surface area contributed by atoms with Gasteiger partial charge in [0.05, 0.1) is 23.7 Å². The van der Waals surface area contributed by atoms with E-state index in [1.165, 1.54) is 5.69 Å². The second kappa shape index (κ2) is 7.64. The van der Waals surface area contributed by atoms with Crippen molar-refractivity contribution in [2.24, 2.45) is 12.8 Å². The lowest BCUT2D eigenvalue weighted by atomic mass is 9.97. The zero-order valence-corrected chi connectivity index (χ0v) is 18.6. The van der Waals surface area contributed by atoms with Crippen molar-refractivity contribution in [2.45, 2.75) is 6.42 Å². The van der Waals surface area contributed by atoms with Crippen LogP contribution in [0, 0.1) is 0 Å². The molecule has 33 heavy (non-hydrogen) atoms. The van der Waals surface area contributed by atoms with Gasteiger partial charge >= 0.3 is 0 Å². The fraction of sp³-hybridized carbons (Fsp3) is 0.231. The van der Waals surface area contributed by atoms with Crippen molar-refractivity contribution in [3.8, 4) is 11.1 Å². The van der Waals surface area contributed by atoms with Gasteiger partial charge < -0.3 is 20.9 Å². The summed E-state index contributed by atoms with van der Waals surface area (Å²) in [5.74, 6) is -0.337. The number of primary amides is 1. The molecule has 5 aromatic rings. The number of amides is 1. The Labute approximate surface area is 191 Å². The molecule has 0 saturated carbocycles. The fourth-order valence-corrected chi connectivity index (χ4v) is 5.02. The lowest BCUT2D eigenvalue weighted by molar-refractivity contribution is -0.117. The Hall–Kier alpha value is -3.84. The molecule has 1 aliphatic rings. The van der Waals surface area contributed by atoms with E-state index in [1.807, 2.05) is 17.9 Å². The largest absolute Gasteiger partial charge is 0.369 e. The number of benzene rings is 3. The number of H-pyrrole nitrogens is 1. The van der Waals surface area contributed by atoms with Crippen LogP contribution in [0.4, 0.5) is 5.69 Å². The van der Waals surface area contributed by atoms with Crippen LogP contribution < -0.4 is 16.0 Å². The smallest absolute Gasteiger partial charge is 0.221 e. The summed E-state index contributed by atoms with van der Waals surface area (Å²) in [5, 5.41) is 11.1. The lowest BCUT2D eigenvalue weighted by Gasteiger charge is -2.29. The highest BCUT2D eigenvalue weighted by atomic mass is 16.1. The predicted octanol–water partition coefficient (Wildman–Crippen LogP) is 3.31. The first-order valence-electron chi connectivity index (χ1n) is 11.3. The molecule has 7 heteroatoms. The van der Waals surface area contributed by atoms with Crippen molar-refractivity contribution in [3.63, 3.8) is 0 Å². The Bertz CT molecular complexity index is 1520. The van der Waals surface area contributed by atoms with E-state index in [1.54, 1.807) is 0 Å². The molecule has 4 N–H and O–H groups in total. The monoisotopic (exact) mass is 438 g/mol. The van der Waals surface area contributed by atoms with Crippen LogP contribution in [-0.4, -0.2) is 46.9 Å². The van der Waals surface area contributed by atoms with E-state index in [-0.39, 0.29) is 12.3 Å². The van der Waals surface area contributed by atoms with Crippen molar-refractivity contribution in [2.75, 3.05) is 31.1 Å². The van der Waals surface area contributed by atoms with E-state index >= 15 is 0 Å². The second-order valence-corrected chi connectivity index (χ2v) is 8.83. The number of carbonyl (C=O) groups excluding carboxylic acids is 1. The molecule has 0 spiro atoms. The number of hydrogen-bond donors (Lipinski definition) is 3. The number of carbonyl (C=O) groups is 1. The van der Waals surface area contributed by atoms with Crippen LogP contribution >= 0.6 is 0 Å². The quantitative estimate of drug-likeness (QED) is 0.401. The maximum Gasteiger partial charge on any atom is 0.221 e. The zero-order valence-electron chi connectivity index (χ0n) is 18.6. The van der Waals surface area contributed by atoms with Crippen LogP contribution in [-0.2, 0) is 18.3 Å². The van der Waals surface area contributed by atoms with Gasteiger partial charge in [0.25, 0.3) is 0 Å². The van der Waals surface area contributed by atoms with Gasteiger partial charge in [-0.1, -0.05) is 12.1 Å². The number of nitrogens with zero attached hydrogens (tertiary/aromatic N) is 3. The highest BCUT2D eigenvalue weighted by Crippen LogP contribution is 2.35. The number of anilines is 1. The normalized spacial score (nSPS) is 14.5. The molecule has 1 fully saturated rings. The van der Waals surface area contributed by atoms with Gasteiger partial charge in [-0.3, -0.25) is 9.48 Å². The van der Waals surface area contributed by atoms with Crippen LogP contribution in [0.2, 0.25) is 0 Å². The van der Waals surface area contributed by atoms with Crippen molar-refractivity contribution in [3.05, 3.63) is 60.3 Å². The molecule has 6 rings (SSSR count). The van der Waals surface area contributed by atoms with Crippen LogP contribution in [0.1, 0.15) is 5.56 Å². The highest BCUT2D eigenvalue weighted by Gasteiger charge is 2.16. The highest BCUT2D eigenvalue weighted by molar-refractivity contribution is 6.11. The molecule has 0 bridgehead atoms. The second-order valence-electron chi connectivity index (χ2n) is 8.83. The molecule has 0 radical (unpaired) electrons. The van der Waals surface area contributed by atoms with E-state index in [0.29, 0.717) is 0 Å². The molecule has 0 atom stereocenters. The van der Waals surface area contributed by atoms with Gasteiger partial charge in [0.1, 0.15) is 0 Å². The Balaban J connectivity index is 1.52. The Morgan fingerprint density at radius 3 is 2.70 bits per heavy atom. The minimum atomic E-state index is -0.337. The fourth-order valence-electron chi connectivity index (χ4n) is 5.02. The van der Waals surface area contributed by atoms with Gasteiger partial charge in [-0.25, -0.2) is 0 Å². The standard InChI is InChI=1S/C26H26N6O/c1-31-24-5-2-16(10-19(24)15-29-31)17-11-18(13-25(27)33)26-22(12-17)21-4-3-20(14-23(21)30-26)32-8-6-28-7-9-32/h2-5,10-12,14-15,28,30H,6-9,13H2,1H3,(H2,27,33). The Kier molecular flexibility index (Phi) is 4.58. The summed E-state index contributed by atoms with van der Waals surface area (Å²) in [7, 11) is 1.94. The average Bonchev–Trinajstić information content (AvgIpc) is 3.39. The molecular weight excluding hydrogens is 412 g/mol. The van der Waals surface area contributed by atoms with Crippen LogP contribution in [0.25, 0.3) is 43.8 Å². The third kappa shape index (κ3) is 3.41. The number of piperazine rings is 1. The molecular formula is C26H26N6O. The van der Waals surface area contributed by atoms with E-state index in [4.69, 9.17) is 5.73 Å². The first kappa shape index (κ1) is 19.8. The SMILES string of the molecule is Cn1ncc2cc(-c3cc(CC(N)=O)c4[nH]c5cc(N6CCNCC6)ccc5c4c3)ccc21. The molecule has 0 unspecified atom stereocenters. The third-order valence-corrected chi connectivity index (χ3v) is 6.70. The number of hydrogen-bond acceptors (Lipinski definition) is 4. The first-order chi connectivity index (χ1) is 16.1. The van der Waals surface area contributed by atoms with Gasteiger partial charge in [-0.05, 0) is 53.1 Å². The predicted molar refractivity (Wildman–Crippen MR) is 133 cm³/mol. The van der Waals surface area contributed by atoms with Gasteiger partial charge in [0.2, 0.25) is 5.91 Å². The van der Waals surface area contributed by atoms with Gasteiger partial charge in [-0.2, -0.15) is 5.10 Å². The Morgan fingerprint density at radius 2 is 1.88 bits per heavy atom. The average molecular weight is 439 g/mol. The summed E-state index contributed by atoms with van der Waals surface area (Å²) in [4.78, 5) is 17.9. The van der Waals surface area contributed by atoms with Crippen molar-refractivity contribution >= 4 is 44.3 Å². The number of fused-ring (bicyclic) bond motifs is 4. The third-order valence-electron chi connectivity index (χ3n) is 6.70. The molecule has 7 nitrogen and oxygen atoms in total. The number of aryl methyl sites for hydroxylation is 1. The number of nitrogens with two attached hydrogens (primary N) is 1. The maximum atomic E-state index is 11.9. The number of nitrogens with one attached hydrogen (secondary N) is 2. The van der Waals surface area contributed by atoms with E-state index in [9.17, 15) is 4.79 Å². The lowest BCUT2D eigenvalue weighted by Crippen LogP contribution is -2.43. The van der Waals surface area contributed by atoms with E-state index < -0.39 is 0 Å². The molecule has 1 amide bonds. The molecule has 3 aromatic carbocycles. The summed E-state index contributed by atoms with van der Waals surface area (Å²) in [6.45, 7) is 4.00. The zero-order chi connectivity index (χ0) is 22.5. The number of rotatable bonds is 4. The van der Waals surface area contributed by atoms with Crippen molar-refractivity contribution in [1.29, 1.82) is 0 Å². The molecule has 3 heterocycles. The Morgan fingerprint density at radius 1 is 1.03 bits per heavy atom. The minimum absolute atomic E-state index is 0.191. The van der Waals surface area contributed by atoms with E-state index in [0.717, 1.165) is 75.6 Å². The molecule has 166 valence electrons. The minimum Gasteiger partial charge on any atom is -0.369 e. The van der Waals surface area contributed by atoms with Gasteiger partial charge in [-0.15, -0.1) is 0 Å². The topological polar surface area (TPSA) is 92.0 Å². The van der Waals surface area contributed by atoms with Crippen LogP contribution in [0.3, 0.4) is 0 Å². The summed E-state index contributed by atoms with van der Waals surface area (Å²) in [6.07, 6.45) is 2.07. The number of aromatic amines is 1. The summed E-state index contributed by atoms with van der Waals surface area (Å²) >= 11 is 0. The first-order valence-corrected chi connectivity index (χ1v) is 11.3. The van der Waals surface area contributed by atoms with Crippen molar-refractivity contribution < 1.29 is 4.79 Å². The maximum absolute atomic E-state index is 11.9. The molecule has 1 saturated heterocycles. The number of aromatic nitrogens is 3. The molecule has 0 aliphatic carbocycles. The van der Waals surface area contributed by atoms with Crippen LogP contribution in [0.15, 0.2) is 54.7 Å². The molecule has 2 aromatic heterocycles. The molecule has 1 aliphatic heterocycles.